The molecule has 0 unspecified atom stereocenters. The molecule has 8 nitrogen and oxygen atoms in total. The molecule has 2 fully saturated rings. The minimum Gasteiger partial charge on any atom is -0.494 e. The van der Waals surface area contributed by atoms with Crippen molar-refractivity contribution in [2.45, 2.75) is 206 Å². The van der Waals surface area contributed by atoms with E-state index in [1.807, 2.05) is 0 Å². The molecule has 0 saturated heterocycles. The lowest BCUT2D eigenvalue weighted by Gasteiger charge is -2.29. The van der Waals surface area contributed by atoms with Gasteiger partial charge in [-0.1, -0.05) is 102 Å². The summed E-state index contributed by atoms with van der Waals surface area (Å²) in [4.78, 5) is 24.4. The van der Waals surface area contributed by atoms with E-state index in [2.05, 4.69) is 62.4 Å². The second-order valence-electron chi connectivity index (χ2n) is 19.1. The molecule has 2 aliphatic carbocycles. The molecular weight excluding hydrogens is 801 g/mol. The predicted octanol–water partition coefficient (Wildman–Crippen LogP) is 14.4. The molecule has 2 aliphatic rings. The summed E-state index contributed by atoms with van der Waals surface area (Å²) >= 11 is 0. The van der Waals surface area contributed by atoms with Crippen LogP contribution in [0.15, 0.2) is 60.7 Å². The van der Waals surface area contributed by atoms with Gasteiger partial charge in [-0.3, -0.25) is 0 Å². The van der Waals surface area contributed by atoms with Crippen molar-refractivity contribution >= 4 is 11.9 Å². The van der Waals surface area contributed by atoms with Gasteiger partial charge in [0.15, 0.2) is 0 Å². The van der Waals surface area contributed by atoms with Crippen molar-refractivity contribution in [2.24, 2.45) is 11.8 Å². The van der Waals surface area contributed by atoms with Crippen LogP contribution in [0.4, 0.5) is 0 Å². The smallest absolute Gasteiger partial charge is 0.331 e. The van der Waals surface area contributed by atoms with E-state index >= 15 is 0 Å². The van der Waals surface area contributed by atoms with Crippen molar-refractivity contribution in [3.05, 3.63) is 71.8 Å². The third-order valence-corrected chi connectivity index (χ3v) is 13.4. The summed E-state index contributed by atoms with van der Waals surface area (Å²) in [6, 6.07) is 17.7. The van der Waals surface area contributed by atoms with Crippen LogP contribution >= 0.6 is 0 Å². The summed E-state index contributed by atoms with van der Waals surface area (Å²) in [7, 11) is 0. The lowest BCUT2D eigenvalue weighted by Crippen LogP contribution is -2.21. The number of carbonyl (C=O) groups excluding carboxylic acids is 2. The van der Waals surface area contributed by atoms with Crippen LogP contribution in [0.1, 0.15) is 205 Å². The van der Waals surface area contributed by atoms with Crippen LogP contribution in [0.5, 0.6) is 11.5 Å². The number of esters is 2. The lowest BCUT2D eigenvalue weighted by molar-refractivity contribution is -0.147. The minimum atomic E-state index is -0.601. The van der Waals surface area contributed by atoms with Crippen molar-refractivity contribution in [2.75, 3.05) is 39.6 Å². The SMILES string of the molecule is CCCCCC1CCC(c2ccc(OCCCCCCOC[C@H](C)OC(=O)/C=C/C(=O)O[C@@H](C)COCCCCCCOc3ccc(C4CCC(CCCCC)CC4)cc3)cc2)CC1. The molecule has 2 atom stereocenters. The van der Waals surface area contributed by atoms with E-state index < -0.39 is 24.1 Å². The van der Waals surface area contributed by atoms with Crippen LogP contribution in [0.25, 0.3) is 0 Å². The highest BCUT2D eigenvalue weighted by atomic mass is 16.6. The number of hydrogen-bond donors (Lipinski definition) is 0. The van der Waals surface area contributed by atoms with Crippen molar-refractivity contribution < 1.29 is 38.0 Å². The molecule has 4 rings (SSSR count). The van der Waals surface area contributed by atoms with Gasteiger partial charge in [0.1, 0.15) is 23.7 Å². The molecule has 0 aliphatic heterocycles. The number of carbonyl (C=O) groups is 2. The van der Waals surface area contributed by atoms with Gasteiger partial charge in [-0.25, -0.2) is 9.59 Å². The summed E-state index contributed by atoms with van der Waals surface area (Å²) in [5.74, 6) is 4.02. The van der Waals surface area contributed by atoms with E-state index in [1.165, 1.54) is 114 Å². The van der Waals surface area contributed by atoms with E-state index in [4.69, 9.17) is 28.4 Å². The Bertz CT molecular complexity index is 1390. The van der Waals surface area contributed by atoms with E-state index in [0.29, 0.717) is 38.3 Å². The van der Waals surface area contributed by atoms with Gasteiger partial charge in [0.05, 0.1) is 26.4 Å². The van der Waals surface area contributed by atoms with Crippen molar-refractivity contribution in [3.63, 3.8) is 0 Å². The molecule has 0 heterocycles. The maximum Gasteiger partial charge on any atom is 0.331 e. The van der Waals surface area contributed by atoms with Crippen molar-refractivity contribution in [1.29, 1.82) is 0 Å². The molecule has 0 aromatic heterocycles. The third-order valence-electron chi connectivity index (χ3n) is 13.4. The highest BCUT2D eigenvalue weighted by Crippen LogP contribution is 2.39. The van der Waals surface area contributed by atoms with Crippen molar-refractivity contribution in [1.82, 2.24) is 0 Å². The Morgan fingerprint density at radius 3 is 1.20 bits per heavy atom. The first-order valence-electron chi connectivity index (χ1n) is 26.0. The van der Waals surface area contributed by atoms with Crippen molar-refractivity contribution in [3.8, 4) is 11.5 Å². The lowest BCUT2D eigenvalue weighted by atomic mass is 9.77. The molecule has 2 saturated carbocycles. The molecule has 360 valence electrons. The summed E-state index contributed by atoms with van der Waals surface area (Å²) in [5.41, 5.74) is 2.94. The van der Waals surface area contributed by atoms with E-state index in [9.17, 15) is 9.59 Å². The quantitative estimate of drug-likeness (QED) is 0.0390. The van der Waals surface area contributed by atoms with E-state index in [-0.39, 0.29) is 0 Å². The highest BCUT2D eigenvalue weighted by molar-refractivity contribution is 5.91. The fourth-order valence-electron chi connectivity index (χ4n) is 9.48. The standard InChI is InChI=1S/C56H88O8/c1-5-7-13-19-47-21-25-49(26-22-47)51-29-33-53(34-30-51)61-41-17-11-9-15-39-59-43-45(3)63-55(57)37-38-56(58)64-46(4)44-60-40-16-10-12-18-42-62-54-35-31-52(32-36-54)50-27-23-48(24-28-50)20-14-8-6-2/h29-38,45-50H,5-28,39-44H2,1-4H3/b38-37+/t45-,46-,47?,48?,49?,50?/m0/s1. The second kappa shape index (κ2) is 33.2. The maximum atomic E-state index is 12.2. The molecule has 0 spiro atoms. The molecule has 0 radical (unpaired) electrons. The van der Waals surface area contributed by atoms with Crippen LogP contribution < -0.4 is 9.47 Å². The molecule has 2 aromatic rings. The molecule has 64 heavy (non-hydrogen) atoms. The first kappa shape index (κ1) is 53.3. The third kappa shape index (κ3) is 23.2. The summed E-state index contributed by atoms with van der Waals surface area (Å²) in [5, 5.41) is 0. The normalized spacial score (nSPS) is 19.9. The zero-order chi connectivity index (χ0) is 45.5. The Kier molecular flexibility index (Phi) is 27.6. The Labute approximate surface area is 389 Å². The maximum absolute atomic E-state index is 12.2. The first-order valence-corrected chi connectivity index (χ1v) is 26.0. The zero-order valence-electron chi connectivity index (χ0n) is 40.7. The molecular formula is C56H88O8. The first-order chi connectivity index (χ1) is 31.3. The number of rotatable bonds is 34. The zero-order valence-corrected chi connectivity index (χ0v) is 40.7. The number of unbranched alkanes of at least 4 members (excludes halogenated alkanes) is 10. The Morgan fingerprint density at radius 2 is 0.844 bits per heavy atom. The largest absolute Gasteiger partial charge is 0.494 e. The van der Waals surface area contributed by atoms with E-state index in [1.54, 1.807) is 13.8 Å². The number of hydrogen-bond acceptors (Lipinski definition) is 8. The number of benzene rings is 2. The van der Waals surface area contributed by atoms with Gasteiger partial charge in [0.2, 0.25) is 0 Å². The van der Waals surface area contributed by atoms with Gasteiger partial charge in [-0.15, -0.1) is 0 Å². The van der Waals surface area contributed by atoms with Crippen LogP contribution in [-0.4, -0.2) is 63.8 Å². The summed E-state index contributed by atoms with van der Waals surface area (Å²) in [6.07, 6.45) is 31.4. The van der Waals surface area contributed by atoms with Gasteiger partial charge >= 0.3 is 11.9 Å². The summed E-state index contributed by atoms with van der Waals surface area (Å²) in [6.45, 7) is 11.4. The second-order valence-corrected chi connectivity index (χ2v) is 19.1. The van der Waals surface area contributed by atoms with Gasteiger partial charge in [0.25, 0.3) is 0 Å². The van der Waals surface area contributed by atoms with Crippen LogP contribution in [0, 0.1) is 11.8 Å². The van der Waals surface area contributed by atoms with Gasteiger partial charge in [0, 0.05) is 25.4 Å². The highest BCUT2D eigenvalue weighted by Gasteiger charge is 2.23. The van der Waals surface area contributed by atoms with E-state index in [0.717, 1.165) is 100 Å². The predicted molar refractivity (Wildman–Crippen MR) is 260 cm³/mol. The van der Waals surface area contributed by atoms with Crippen LogP contribution in [0.3, 0.4) is 0 Å². The van der Waals surface area contributed by atoms with Gasteiger partial charge < -0.3 is 28.4 Å². The molecule has 8 heteroatoms. The molecule has 2 aromatic carbocycles. The summed E-state index contributed by atoms with van der Waals surface area (Å²) < 4.78 is 34.2. The Hall–Kier alpha value is -3.36. The van der Waals surface area contributed by atoms with Crippen LogP contribution in [-0.2, 0) is 28.5 Å². The molecule has 0 amide bonds. The number of ether oxygens (including phenoxy) is 6. The topological polar surface area (TPSA) is 89.5 Å². The fourth-order valence-corrected chi connectivity index (χ4v) is 9.48. The molecule has 0 bridgehead atoms. The monoisotopic (exact) mass is 889 g/mol. The molecule has 0 N–H and O–H groups in total. The Balaban J connectivity index is 0.899. The average Bonchev–Trinajstić information content (AvgIpc) is 3.31. The fraction of sp³-hybridized carbons (Fsp3) is 0.714. The van der Waals surface area contributed by atoms with Gasteiger partial charge in [-0.05, 0) is 163 Å². The van der Waals surface area contributed by atoms with Crippen LogP contribution in [0.2, 0.25) is 0 Å². The minimum absolute atomic E-state index is 0.306. The van der Waals surface area contributed by atoms with Gasteiger partial charge in [-0.2, -0.15) is 0 Å². The average molecular weight is 889 g/mol. The Morgan fingerprint density at radius 1 is 0.484 bits per heavy atom.